The highest BCUT2D eigenvalue weighted by molar-refractivity contribution is 5.95. The normalized spacial score (nSPS) is 17.1. The molecule has 0 saturated carbocycles. The van der Waals surface area contributed by atoms with Crippen molar-refractivity contribution >= 4 is 11.7 Å². The molecule has 1 aromatic heterocycles. The van der Waals surface area contributed by atoms with Gasteiger partial charge in [-0.25, -0.2) is 4.98 Å². The van der Waals surface area contributed by atoms with Gasteiger partial charge in [-0.15, -0.1) is 0 Å². The molecular formula is C14H21N3O. The SMILES string of the molecule is Cc1cc(C(=O)N2CCCCCCC2)cc(N)n1. The molecule has 0 bridgehead atoms. The number of carbonyl (C=O) groups excluding carboxylic acids is 1. The predicted octanol–water partition coefficient (Wildman–Crippen LogP) is 2.38. The molecule has 0 spiro atoms. The van der Waals surface area contributed by atoms with Gasteiger partial charge in [-0.3, -0.25) is 4.79 Å². The smallest absolute Gasteiger partial charge is 0.254 e. The van der Waals surface area contributed by atoms with Crippen LogP contribution in [0.5, 0.6) is 0 Å². The monoisotopic (exact) mass is 247 g/mol. The van der Waals surface area contributed by atoms with Crippen molar-refractivity contribution in [2.75, 3.05) is 18.8 Å². The van der Waals surface area contributed by atoms with E-state index < -0.39 is 0 Å². The van der Waals surface area contributed by atoms with Crippen LogP contribution in [0.25, 0.3) is 0 Å². The molecule has 1 aliphatic rings. The van der Waals surface area contributed by atoms with Gasteiger partial charge in [-0.1, -0.05) is 19.3 Å². The molecule has 0 aromatic carbocycles. The van der Waals surface area contributed by atoms with Crippen LogP contribution < -0.4 is 5.73 Å². The summed E-state index contributed by atoms with van der Waals surface area (Å²) in [6.07, 6.45) is 5.95. The van der Waals surface area contributed by atoms with Crippen molar-refractivity contribution in [2.24, 2.45) is 0 Å². The first-order valence-electron chi connectivity index (χ1n) is 6.70. The maximum atomic E-state index is 12.4. The number of amides is 1. The fraction of sp³-hybridized carbons (Fsp3) is 0.571. The number of rotatable bonds is 1. The Hall–Kier alpha value is -1.58. The first kappa shape index (κ1) is 12.9. The van der Waals surface area contributed by atoms with Gasteiger partial charge < -0.3 is 10.6 Å². The Labute approximate surface area is 108 Å². The Balaban J connectivity index is 2.13. The van der Waals surface area contributed by atoms with Crippen molar-refractivity contribution in [1.82, 2.24) is 9.88 Å². The Kier molecular flexibility index (Phi) is 4.18. The maximum Gasteiger partial charge on any atom is 0.254 e. The molecule has 0 radical (unpaired) electrons. The van der Waals surface area contributed by atoms with E-state index in [4.69, 9.17) is 5.73 Å². The first-order chi connectivity index (χ1) is 8.66. The predicted molar refractivity (Wildman–Crippen MR) is 72.4 cm³/mol. The summed E-state index contributed by atoms with van der Waals surface area (Å²) in [7, 11) is 0. The summed E-state index contributed by atoms with van der Waals surface area (Å²) in [5.74, 6) is 0.513. The van der Waals surface area contributed by atoms with Crippen molar-refractivity contribution < 1.29 is 4.79 Å². The molecule has 2 rings (SSSR count). The lowest BCUT2D eigenvalue weighted by Crippen LogP contribution is -2.33. The molecule has 98 valence electrons. The summed E-state index contributed by atoms with van der Waals surface area (Å²) >= 11 is 0. The third-order valence-corrected chi connectivity index (χ3v) is 3.36. The van der Waals surface area contributed by atoms with Crippen molar-refractivity contribution in [3.8, 4) is 0 Å². The van der Waals surface area contributed by atoms with Gasteiger partial charge in [-0.2, -0.15) is 0 Å². The summed E-state index contributed by atoms with van der Waals surface area (Å²) in [6, 6.07) is 3.49. The average Bonchev–Trinajstić information content (AvgIpc) is 2.26. The molecule has 1 fully saturated rings. The fourth-order valence-electron chi connectivity index (χ4n) is 2.45. The van der Waals surface area contributed by atoms with Gasteiger partial charge in [0.25, 0.3) is 5.91 Å². The van der Waals surface area contributed by atoms with E-state index in [9.17, 15) is 4.79 Å². The zero-order chi connectivity index (χ0) is 13.0. The third kappa shape index (κ3) is 3.22. The largest absolute Gasteiger partial charge is 0.384 e. The number of anilines is 1. The van der Waals surface area contributed by atoms with Gasteiger partial charge in [0.1, 0.15) is 5.82 Å². The Morgan fingerprint density at radius 2 is 1.78 bits per heavy atom. The van der Waals surface area contributed by atoms with Gasteiger partial charge in [0.05, 0.1) is 0 Å². The summed E-state index contributed by atoms with van der Waals surface area (Å²) in [4.78, 5) is 18.5. The average molecular weight is 247 g/mol. The Bertz CT molecular complexity index is 403. The maximum absolute atomic E-state index is 12.4. The minimum absolute atomic E-state index is 0.0918. The number of nitrogens with zero attached hydrogens (tertiary/aromatic N) is 2. The van der Waals surface area contributed by atoms with Gasteiger partial charge in [0, 0.05) is 24.3 Å². The van der Waals surface area contributed by atoms with Gasteiger partial charge in [-0.05, 0) is 31.9 Å². The van der Waals surface area contributed by atoms with E-state index in [1.165, 1.54) is 19.3 Å². The molecule has 2 N–H and O–H groups in total. The Morgan fingerprint density at radius 3 is 2.39 bits per heavy atom. The van der Waals surface area contributed by atoms with E-state index in [0.29, 0.717) is 11.4 Å². The highest BCUT2D eigenvalue weighted by Crippen LogP contribution is 2.15. The highest BCUT2D eigenvalue weighted by atomic mass is 16.2. The van der Waals surface area contributed by atoms with Crippen LogP contribution in [-0.4, -0.2) is 28.9 Å². The Morgan fingerprint density at radius 1 is 1.17 bits per heavy atom. The van der Waals surface area contributed by atoms with E-state index >= 15 is 0 Å². The number of nitrogen functional groups attached to an aromatic ring is 1. The van der Waals surface area contributed by atoms with Crippen LogP contribution in [0.1, 0.15) is 48.2 Å². The van der Waals surface area contributed by atoms with Crippen LogP contribution in [0, 0.1) is 6.92 Å². The van der Waals surface area contributed by atoms with Crippen LogP contribution in [-0.2, 0) is 0 Å². The van der Waals surface area contributed by atoms with Crippen LogP contribution in [0.4, 0.5) is 5.82 Å². The van der Waals surface area contributed by atoms with E-state index in [2.05, 4.69) is 4.98 Å². The van der Waals surface area contributed by atoms with E-state index in [1.54, 1.807) is 6.07 Å². The van der Waals surface area contributed by atoms with E-state index in [1.807, 2.05) is 17.9 Å². The molecular weight excluding hydrogens is 226 g/mol. The third-order valence-electron chi connectivity index (χ3n) is 3.36. The minimum atomic E-state index is 0.0918. The van der Waals surface area contributed by atoms with Crippen molar-refractivity contribution in [3.05, 3.63) is 23.4 Å². The van der Waals surface area contributed by atoms with Crippen molar-refractivity contribution in [2.45, 2.75) is 39.0 Å². The number of hydrogen-bond acceptors (Lipinski definition) is 3. The van der Waals surface area contributed by atoms with Crippen molar-refractivity contribution in [3.63, 3.8) is 0 Å². The standard InChI is InChI=1S/C14H21N3O/c1-11-9-12(10-13(15)16-11)14(18)17-7-5-3-2-4-6-8-17/h9-10H,2-8H2,1H3,(H2,15,16). The zero-order valence-corrected chi connectivity index (χ0v) is 11.0. The number of carbonyl (C=O) groups is 1. The number of nitrogens with two attached hydrogens (primary N) is 1. The molecule has 2 heterocycles. The molecule has 1 aromatic rings. The quantitative estimate of drug-likeness (QED) is 0.829. The topological polar surface area (TPSA) is 59.2 Å². The second-order valence-electron chi connectivity index (χ2n) is 4.98. The molecule has 4 heteroatoms. The molecule has 0 unspecified atom stereocenters. The van der Waals surface area contributed by atoms with Gasteiger partial charge in [0.15, 0.2) is 0 Å². The van der Waals surface area contributed by atoms with Gasteiger partial charge >= 0.3 is 0 Å². The molecule has 0 aliphatic carbocycles. The number of aryl methyl sites for hydroxylation is 1. The molecule has 18 heavy (non-hydrogen) atoms. The summed E-state index contributed by atoms with van der Waals surface area (Å²) in [5, 5.41) is 0. The summed E-state index contributed by atoms with van der Waals surface area (Å²) in [5.41, 5.74) is 7.16. The number of hydrogen-bond donors (Lipinski definition) is 1. The van der Waals surface area contributed by atoms with Crippen LogP contribution in [0.2, 0.25) is 0 Å². The lowest BCUT2D eigenvalue weighted by atomic mass is 10.1. The van der Waals surface area contributed by atoms with E-state index in [-0.39, 0.29) is 5.91 Å². The zero-order valence-electron chi connectivity index (χ0n) is 11.0. The molecule has 1 aliphatic heterocycles. The number of pyridine rings is 1. The second-order valence-corrected chi connectivity index (χ2v) is 4.98. The molecule has 1 amide bonds. The second kappa shape index (κ2) is 5.85. The van der Waals surface area contributed by atoms with Crippen LogP contribution in [0.3, 0.4) is 0 Å². The minimum Gasteiger partial charge on any atom is -0.384 e. The molecule has 0 atom stereocenters. The fourth-order valence-corrected chi connectivity index (χ4v) is 2.45. The lowest BCUT2D eigenvalue weighted by molar-refractivity contribution is 0.0742. The number of likely N-dealkylation sites (tertiary alicyclic amines) is 1. The summed E-state index contributed by atoms with van der Waals surface area (Å²) in [6.45, 7) is 3.58. The van der Waals surface area contributed by atoms with E-state index in [0.717, 1.165) is 31.6 Å². The van der Waals surface area contributed by atoms with Gasteiger partial charge in [0.2, 0.25) is 0 Å². The van der Waals surface area contributed by atoms with Crippen LogP contribution >= 0.6 is 0 Å². The molecule has 4 nitrogen and oxygen atoms in total. The van der Waals surface area contributed by atoms with Crippen molar-refractivity contribution in [1.29, 1.82) is 0 Å². The first-order valence-corrected chi connectivity index (χ1v) is 6.70. The number of aromatic nitrogens is 1. The summed E-state index contributed by atoms with van der Waals surface area (Å²) < 4.78 is 0. The molecule has 1 saturated heterocycles. The lowest BCUT2D eigenvalue weighted by Gasteiger charge is -2.25. The highest BCUT2D eigenvalue weighted by Gasteiger charge is 2.17. The van der Waals surface area contributed by atoms with Crippen LogP contribution in [0.15, 0.2) is 12.1 Å².